The highest BCUT2D eigenvalue weighted by atomic mass is 16.5. The van der Waals surface area contributed by atoms with Crippen LogP contribution in [0.15, 0.2) is 48.8 Å². The molecule has 6 heteroatoms. The number of hydrogen-bond donors (Lipinski definition) is 2. The molecule has 1 saturated heterocycles. The third-order valence-corrected chi connectivity index (χ3v) is 4.09. The van der Waals surface area contributed by atoms with Gasteiger partial charge in [0.2, 0.25) is 0 Å². The highest BCUT2D eigenvalue weighted by Gasteiger charge is 2.25. The van der Waals surface area contributed by atoms with Crippen LogP contribution in [0.5, 0.6) is 5.75 Å². The van der Waals surface area contributed by atoms with Gasteiger partial charge in [-0.05, 0) is 36.2 Å². The van der Waals surface area contributed by atoms with Gasteiger partial charge in [-0.2, -0.15) is 0 Å². The van der Waals surface area contributed by atoms with Crippen LogP contribution in [0.3, 0.4) is 0 Å². The highest BCUT2D eigenvalue weighted by Crippen LogP contribution is 2.16. The molecular formula is C18H22N4O2. The lowest BCUT2D eigenvalue weighted by Crippen LogP contribution is -2.39. The summed E-state index contributed by atoms with van der Waals surface area (Å²) in [6, 6.07) is 11.8. The van der Waals surface area contributed by atoms with E-state index in [9.17, 15) is 4.79 Å². The molecule has 2 N–H and O–H groups in total. The number of rotatable bonds is 5. The molecule has 0 bridgehead atoms. The van der Waals surface area contributed by atoms with E-state index in [2.05, 4.69) is 15.6 Å². The molecule has 1 atom stereocenters. The van der Waals surface area contributed by atoms with Gasteiger partial charge in [-0.25, -0.2) is 4.79 Å². The second-order valence-corrected chi connectivity index (χ2v) is 5.83. The van der Waals surface area contributed by atoms with Crippen molar-refractivity contribution in [1.82, 2.24) is 15.2 Å². The van der Waals surface area contributed by atoms with Crippen LogP contribution >= 0.6 is 0 Å². The van der Waals surface area contributed by atoms with Gasteiger partial charge in [0.1, 0.15) is 5.75 Å². The predicted molar refractivity (Wildman–Crippen MR) is 93.1 cm³/mol. The fourth-order valence-corrected chi connectivity index (χ4v) is 2.82. The molecular weight excluding hydrogens is 304 g/mol. The monoisotopic (exact) mass is 326 g/mol. The first-order chi connectivity index (χ1) is 11.7. The quantitative estimate of drug-likeness (QED) is 0.886. The van der Waals surface area contributed by atoms with Crippen LogP contribution in [0.4, 0.5) is 10.5 Å². The fraction of sp³-hybridized carbons (Fsp3) is 0.333. The number of amides is 2. The number of pyridine rings is 1. The van der Waals surface area contributed by atoms with Gasteiger partial charge in [0.25, 0.3) is 0 Å². The number of hydrogen-bond acceptors (Lipinski definition) is 4. The van der Waals surface area contributed by atoms with E-state index in [1.54, 1.807) is 19.5 Å². The largest absolute Gasteiger partial charge is 0.497 e. The highest BCUT2D eigenvalue weighted by molar-refractivity contribution is 5.74. The van der Waals surface area contributed by atoms with Crippen LogP contribution in [-0.4, -0.2) is 42.2 Å². The maximum absolute atomic E-state index is 12.3. The second-order valence-electron chi connectivity index (χ2n) is 5.83. The van der Waals surface area contributed by atoms with E-state index in [0.717, 1.165) is 30.0 Å². The summed E-state index contributed by atoms with van der Waals surface area (Å²) in [5, 5.41) is 6.38. The van der Waals surface area contributed by atoms with Crippen LogP contribution in [0, 0.1) is 0 Å². The number of carbonyl (C=O) groups excluding carboxylic acids is 1. The smallest absolute Gasteiger partial charge is 0.317 e. The summed E-state index contributed by atoms with van der Waals surface area (Å²) in [5.41, 5.74) is 2.01. The van der Waals surface area contributed by atoms with Crippen LogP contribution in [-0.2, 0) is 6.54 Å². The molecule has 1 aromatic heterocycles. The number of aromatic nitrogens is 1. The zero-order valence-corrected chi connectivity index (χ0v) is 13.7. The molecule has 1 fully saturated rings. The van der Waals surface area contributed by atoms with Crippen LogP contribution in [0.25, 0.3) is 0 Å². The number of ether oxygens (including phenoxy) is 1. The van der Waals surface area contributed by atoms with Gasteiger partial charge < -0.3 is 20.3 Å². The Morgan fingerprint density at radius 1 is 1.38 bits per heavy atom. The number of likely N-dealkylation sites (tertiary alicyclic amines) is 1. The van der Waals surface area contributed by atoms with E-state index in [1.165, 1.54) is 0 Å². The molecule has 0 aliphatic carbocycles. The van der Waals surface area contributed by atoms with Crippen LogP contribution in [0.2, 0.25) is 0 Å². The van der Waals surface area contributed by atoms with E-state index in [1.807, 2.05) is 41.3 Å². The molecule has 0 radical (unpaired) electrons. The van der Waals surface area contributed by atoms with Crippen molar-refractivity contribution < 1.29 is 9.53 Å². The van der Waals surface area contributed by atoms with E-state index in [4.69, 9.17) is 4.74 Å². The molecule has 2 amide bonds. The Bertz CT molecular complexity index is 678. The Morgan fingerprint density at radius 2 is 2.29 bits per heavy atom. The summed E-state index contributed by atoms with van der Waals surface area (Å²) in [4.78, 5) is 18.2. The third kappa shape index (κ3) is 4.16. The van der Waals surface area contributed by atoms with Gasteiger partial charge in [-0.3, -0.25) is 4.98 Å². The Balaban J connectivity index is 1.47. The number of benzene rings is 1. The number of urea groups is 1. The lowest BCUT2D eigenvalue weighted by Gasteiger charge is -2.18. The molecule has 3 rings (SSSR count). The van der Waals surface area contributed by atoms with Gasteiger partial charge >= 0.3 is 6.03 Å². The first-order valence-electron chi connectivity index (χ1n) is 8.07. The fourth-order valence-electron chi connectivity index (χ4n) is 2.82. The molecule has 0 spiro atoms. The number of carbonyl (C=O) groups is 1. The minimum atomic E-state index is -0.0340. The van der Waals surface area contributed by atoms with Gasteiger partial charge in [-0.15, -0.1) is 0 Å². The lowest BCUT2D eigenvalue weighted by atomic mass is 10.2. The molecule has 1 aliphatic heterocycles. The summed E-state index contributed by atoms with van der Waals surface area (Å²) < 4.78 is 5.20. The summed E-state index contributed by atoms with van der Waals surface area (Å²) >= 11 is 0. The normalized spacial score (nSPS) is 16.7. The Labute approximate surface area is 141 Å². The van der Waals surface area contributed by atoms with Crippen molar-refractivity contribution in [2.45, 2.75) is 19.0 Å². The molecule has 0 saturated carbocycles. The van der Waals surface area contributed by atoms with E-state index < -0.39 is 0 Å². The van der Waals surface area contributed by atoms with Crippen molar-refractivity contribution >= 4 is 11.7 Å². The maximum Gasteiger partial charge on any atom is 0.317 e. The molecule has 0 unspecified atom stereocenters. The molecule has 6 nitrogen and oxygen atoms in total. The van der Waals surface area contributed by atoms with E-state index >= 15 is 0 Å². The predicted octanol–water partition coefficient (Wildman–Crippen LogP) is 2.49. The van der Waals surface area contributed by atoms with Gasteiger partial charge in [0.15, 0.2) is 0 Å². The molecule has 1 aromatic carbocycles. The van der Waals surface area contributed by atoms with Gasteiger partial charge in [-0.1, -0.05) is 12.1 Å². The van der Waals surface area contributed by atoms with E-state index in [-0.39, 0.29) is 12.1 Å². The van der Waals surface area contributed by atoms with E-state index in [0.29, 0.717) is 13.1 Å². The average molecular weight is 326 g/mol. The molecule has 2 aromatic rings. The van der Waals surface area contributed by atoms with Gasteiger partial charge in [0, 0.05) is 38.1 Å². The first-order valence-corrected chi connectivity index (χ1v) is 8.07. The summed E-state index contributed by atoms with van der Waals surface area (Å²) in [7, 11) is 1.64. The Kier molecular flexibility index (Phi) is 5.15. The van der Waals surface area contributed by atoms with Crippen molar-refractivity contribution in [3.05, 3.63) is 54.4 Å². The zero-order chi connectivity index (χ0) is 16.8. The molecule has 2 heterocycles. The maximum atomic E-state index is 12.3. The van der Waals surface area contributed by atoms with Crippen molar-refractivity contribution in [1.29, 1.82) is 0 Å². The summed E-state index contributed by atoms with van der Waals surface area (Å²) in [6.45, 7) is 1.94. The summed E-state index contributed by atoms with van der Waals surface area (Å²) in [5.74, 6) is 0.795. The summed E-state index contributed by atoms with van der Waals surface area (Å²) in [6.07, 6.45) is 4.48. The van der Waals surface area contributed by atoms with Crippen molar-refractivity contribution in [2.75, 3.05) is 25.5 Å². The first kappa shape index (κ1) is 16.1. The Morgan fingerprint density at radius 3 is 3.08 bits per heavy atom. The molecule has 24 heavy (non-hydrogen) atoms. The number of anilines is 1. The average Bonchev–Trinajstić information content (AvgIpc) is 3.09. The van der Waals surface area contributed by atoms with Crippen molar-refractivity contribution in [3.8, 4) is 5.75 Å². The van der Waals surface area contributed by atoms with Crippen molar-refractivity contribution in [3.63, 3.8) is 0 Å². The molecule has 126 valence electrons. The number of methoxy groups -OCH3 is 1. The zero-order valence-electron chi connectivity index (χ0n) is 13.7. The van der Waals surface area contributed by atoms with Gasteiger partial charge in [0.05, 0.1) is 12.8 Å². The number of nitrogens with one attached hydrogen (secondary N) is 2. The minimum Gasteiger partial charge on any atom is -0.497 e. The SMILES string of the molecule is COc1cccc(CNC(=O)N2CC[C@@H](Nc3cccnc3)C2)c1. The lowest BCUT2D eigenvalue weighted by molar-refractivity contribution is 0.208. The topological polar surface area (TPSA) is 66.5 Å². The van der Waals surface area contributed by atoms with Crippen LogP contribution in [0.1, 0.15) is 12.0 Å². The Hall–Kier alpha value is -2.76. The van der Waals surface area contributed by atoms with Crippen LogP contribution < -0.4 is 15.4 Å². The standard InChI is InChI=1S/C18H22N4O2/c1-24-17-6-2-4-14(10-17)11-20-18(23)22-9-7-16(13-22)21-15-5-3-8-19-12-15/h2-6,8,10,12,16,21H,7,9,11,13H2,1H3,(H,20,23)/t16-/m1/s1. The third-order valence-electron chi connectivity index (χ3n) is 4.09. The second kappa shape index (κ2) is 7.68. The number of nitrogens with zero attached hydrogens (tertiary/aromatic N) is 2. The van der Waals surface area contributed by atoms with Crippen molar-refractivity contribution in [2.24, 2.45) is 0 Å². The molecule has 1 aliphatic rings. The minimum absolute atomic E-state index is 0.0340.